The zero-order chi connectivity index (χ0) is 12.3. The van der Waals surface area contributed by atoms with E-state index in [9.17, 15) is 8.78 Å². The molecule has 4 heteroatoms. The van der Waals surface area contributed by atoms with Crippen molar-refractivity contribution in [1.82, 2.24) is 5.43 Å². The Labute approximate surface area is 98.0 Å². The first-order valence-corrected chi connectivity index (χ1v) is 5.18. The summed E-state index contributed by atoms with van der Waals surface area (Å²) in [6.07, 6.45) is 0. The molecule has 0 spiro atoms. The molecule has 2 aromatic rings. The molecule has 0 saturated carbocycles. The van der Waals surface area contributed by atoms with Crippen LogP contribution in [0.3, 0.4) is 0 Å². The average molecular weight is 234 g/mol. The highest BCUT2D eigenvalue weighted by atomic mass is 19.1. The minimum absolute atomic E-state index is 0.316. The van der Waals surface area contributed by atoms with Crippen molar-refractivity contribution >= 4 is 0 Å². The molecule has 2 nitrogen and oxygen atoms in total. The smallest absolute Gasteiger partial charge is 0.123 e. The molecule has 0 heterocycles. The van der Waals surface area contributed by atoms with Gasteiger partial charge in [-0.15, -0.1) is 0 Å². The van der Waals surface area contributed by atoms with Crippen LogP contribution in [0, 0.1) is 11.6 Å². The summed E-state index contributed by atoms with van der Waals surface area (Å²) in [5.41, 5.74) is 4.06. The summed E-state index contributed by atoms with van der Waals surface area (Å²) in [7, 11) is 0. The fraction of sp³-hybridized carbons (Fsp3) is 0.0769. The van der Waals surface area contributed by atoms with E-state index in [1.54, 1.807) is 24.3 Å². The van der Waals surface area contributed by atoms with Crippen molar-refractivity contribution in [2.75, 3.05) is 0 Å². The van der Waals surface area contributed by atoms with E-state index in [0.717, 1.165) is 5.56 Å². The normalized spacial score (nSPS) is 12.4. The number of hydrazine groups is 1. The van der Waals surface area contributed by atoms with E-state index >= 15 is 0 Å². The summed E-state index contributed by atoms with van der Waals surface area (Å²) in [6.45, 7) is 0. The summed E-state index contributed by atoms with van der Waals surface area (Å²) in [4.78, 5) is 0. The standard InChI is InChI=1S/C13H12F2N2/c14-11-6-4-9(5-7-11)13(17-16)10-2-1-3-12(15)8-10/h1-8,13,17H,16H2. The molecule has 2 aromatic carbocycles. The van der Waals surface area contributed by atoms with Gasteiger partial charge in [-0.2, -0.15) is 0 Å². The summed E-state index contributed by atoms with van der Waals surface area (Å²) in [6, 6.07) is 11.7. The van der Waals surface area contributed by atoms with Gasteiger partial charge in [0.25, 0.3) is 0 Å². The molecular weight excluding hydrogens is 222 g/mol. The zero-order valence-electron chi connectivity index (χ0n) is 9.03. The second kappa shape index (κ2) is 5.03. The molecule has 0 aliphatic carbocycles. The molecule has 0 bridgehead atoms. The van der Waals surface area contributed by atoms with E-state index in [1.165, 1.54) is 24.3 Å². The summed E-state index contributed by atoms with van der Waals surface area (Å²) < 4.78 is 25.9. The second-order valence-corrected chi connectivity index (χ2v) is 3.71. The van der Waals surface area contributed by atoms with Gasteiger partial charge in [0.15, 0.2) is 0 Å². The van der Waals surface area contributed by atoms with E-state index in [2.05, 4.69) is 5.43 Å². The summed E-state index contributed by atoms with van der Waals surface area (Å²) in [5, 5.41) is 0. The van der Waals surface area contributed by atoms with Crippen molar-refractivity contribution in [3.8, 4) is 0 Å². The quantitative estimate of drug-likeness (QED) is 0.632. The molecule has 1 unspecified atom stereocenters. The average Bonchev–Trinajstić information content (AvgIpc) is 2.33. The van der Waals surface area contributed by atoms with Crippen molar-refractivity contribution in [2.45, 2.75) is 6.04 Å². The topological polar surface area (TPSA) is 38.0 Å². The maximum absolute atomic E-state index is 13.1. The maximum atomic E-state index is 13.1. The van der Waals surface area contributed by atoms with Gasteiger partial charge in [0.2, 0.25) is 0 Å². The number of hydrogen-bond donors (Lipinski definition) is 2. The Morgan fingerprint density at radius 3 is 2.18 bits per heavy atom. The summed E-state index contributed by atoms with van der Waals surface area (Å²) in [5.74, 6) is 4.81. The van der Waals surface area contributed by atoms with Gasteiger partial charge >= 0.3 is 0 Å². The third kappa shape index (κ3) is 2.67. The Morgan fingerprint density at radius 1 is 0.882 bits per heavy atom. The third-order valence-electron chi connectivity index (χ3n) is 2.55. The van der Waals surface area contributed by atoms with E-state index in [1.807, 2.05) is 0 Å². The lowest BCUT2D eigenvalue weighted by Gasteiger charge is -2.16. The van der Waals surface area contributed by atoms with E-state index in [4.69, 9.17) is 5.84 Å². The number of nitrogens with one attached hydrogen (secondary N) is 1. The van der Waals surface area contributed by atoms with Crippen LogP contribution in [0.4, 0.5) is 8.78 Å². The first kappa shape index (κ1) is 11.7. The van der Waals surface area contributed by atoms with Gasteiger partial charge in [-0.05, 0) is 35.4 Å². The number of nitrogens with two attached hydrogens (primary N) is 1. The Morgan fingerprint density at radius 2 is 1.59 bits per heavy atom. The molecule has 0 amide bonds. The highest BCUT2D eigenvalue weighted by Gasteiger charge is 2.12. The Bertz CT molecular complexity index is 497. The molecule has 2 rings (SSSR count). The molecule has 0 radical (unpaired) electrons. The first-order valence-electron chi connectivity index (χ1n) is 5.18. The van der Waals surface area contributed by atoms with Gasteiger partial charge in [0.1, 0.15) is 11.6 Å². The van der Waals surface area contributed by atoms with Crippen molar-refractivity contribution < 1.29 is 8.78 Å². The van der Waals surface area contributed by atoms with Crippen molar-refractivity contribution in [3.05, 3.63) is 71.3 Å². The number of hydrogen-bond acceptors (Lipinski definition) is 2. The monoisotopic (exact) mass is 234 g/mol. The fourth-order valence-corrected chi connectivity index (χ4v) is 1.73. The minimum atomic E-state index is -0.355. The van der Waals surface area contributed by atoms with E-state index in [-0.39, 0.29) is 17.7 Å². The molecular formula is C13H12F2N2. The van der Waals surface area contributed by atoms with Crippen LogP contribution in [0.1, 0.15) is 17.2 Å². The zero-order valence-corrected chi connectivity index (χ0v) is 9.03. The highest BCUT2D eigenvalue weighted by molar-refractivity contribution is 5.31. The van der Waals surface area contributed by atoms with Crippen molar-refractivity contribution in [1.29, 1.82) is 0 Å². The van der Waals surface area contributed by atoms with Crippen LogP contribution < -0.4 is 11.3 Å². The number of rotatable bonds is 3. The molecule has 0 fully saturated rings. The first-order chi connectivity index (χ1) is 8.20. The molecule has 3 N–H and O–H groups in total. The number of benzene rings is 2. The Balaban J connectivity index is 2.36. The lowest BCUT2D eigenvalue weighted by atomic mass is 9.99. The SMILES string of the molecule is NNC(c1ccc(F)cc1)c1cccc(F)c1. The van der Waals surface area contributed by atoms with Crippen LogP contribution in [0.25, 0.3) is 0 Å². The number of halogens is 2. The maximum Gasteiger partial charge on any atom is 0.123 e. The van der Waals surface area contributed by atoms with Crippen LogP contribution in [0.15, 0.2) is 48.5 Å². The summed E-state index contributed by atoms with van der Waals surface area (Å²) >= 11 is 0. The molecule has 1 atom stereocenters. The molecule has 0 aliphatic heterocycles. The van der Waals surface area contributed by atoms with Gasteiger partial charge < -0.3 is 0 Å². The van der Waals surface area contributed by atoms with Crippen LogP contribution in [0.2, 0.25) is 0 Å². The van der Waals surface area contributed by atoms with E-state index < -0.39 is 0 Å². The van der Waals surface area contributed by atoms with Gasteiger partial charge in [-0.3, -0.25) is 5.84 Å². The third-order valence-corrected chi connectivity index (χ3v) is 2.55. The Kier molecular flexibility index (Phi) is 3.46. The van der Waals surface area contributed by atoms with Gasteiger partial charge in [-0.1, -0.05) is 24.3 Å². The highest BCUT2D eigenvalue weighted by Crippen LogP contribution is 2.21. The second-order valence-electron chi connectivity index (χ2n) is 3.71. The lowest BCUT2D eigenvalue weighted by molar-refractivity contribution is 0.601. The van der Waals surface area contributed by atoms with Crippen LogP contribution in [0.5, 0.6) is 0 Å². The molecule has 17 heavy (non-hydrogen) atoms. The molecule has 0 aliphatic rings. The predicted molar refractivity (Wildman–Crippen MR) is 62.0 cm³/mol. The van der Waals surface area contributed by atoms with Gasteiger partial charge in [-0.25, -0.2) is 14.2 Å². The predicted octanol–water partition coefficient (Wildman–Crippen LogP) is 2.52. The van der Waals surface area contributed by atoms with Crippen LogP contribution in [-0.2, 0) is 0 Å². The van der Waals surface area contributed by atoms with E-state index in [0.29, 0.717) is 5.56 Å². The molecule has 0 aromatic heterocycles. The van der Waals surface area contributed by atoms with Gasteiger partial charge in [0, 0.05) is 0 Å². The minimum Gasteiger partial charge on any atom is -0.271 e. The van der Waals surface area contributed by atoms with Crippen molar-refractivity contribution in [3.63, 3.8) is 0 Å². The van der Waals surface area contributed by atoms with Crippen molar-refractivity contribution in [2.24, 2.45) is 5.84 Å². The molecule has 0 saturated heterocycles. The van der Waals surface area contributed by atoms with Crippen LogP contribution >= 0.6 is 0 Å². The van der Waals surface area contributed by atoms with Gasteiger partial charge in [0.05, 0.1) is 6.04 Å². The Hall–Kier alpha value is -1.78. The fourth-order valence-electron chi connectivity index (χ4n) is 1.73. The lowest BCUT2D eigenvalue weighted by Crippen LogP contribution is -2.28. The molecule has 88 valence electrons. The van der Waals surface area contributed by atoms with Crippen LogP contribution in [-0.4, -0.2) is 0 Å². The largest absolute Gasteiger partial charge is 0.271 e.